The molecule has 7 atom stereocenters. The number of aliphatic imine (C=N–C) groups is 1. The molecule has 0 spiro atoms. The molecule has 2 aromatic carbocycles. The number of nitrogens with zero attached hydrogens (tertiary/aromatic N) is 4. The lowest BCUT2D eigenvalue weighted by Crippen LogP contribution is -2.61. The third-order valence-corrected chi connectivity index (χ3v) is 13.2. The van der Waals surface area contributed by atoms with Crippen molar-refractivity contribution < 1.29 is 43.2 Å². The fraction of sp³-hybridized carbons (Fsp3) is 0.481. The molecule has 1 aliphatic rings. The van der Waals surface area contributed by atoms with E-state index >= 15 is 4.79 Å². The first-order valence-corrected chi connectivity index (χ1v) is 25.6. The number of benzene rings is 2. The number of likely N-dealkylation sites (N-methyl/N-ethyl adjacent to an activating group) is 2. The van der Waals surface area contributed by atoms with E-state index in [0.29, 0.717) is 29.7 Å². The number of carbonyl (C=O) groups excluding carboxylic acids is 9. The lowest BCUT2D eigenvalue weighted by atomic mass is 10.00. The van der Waals surface area contributed by atoms with Crippen LogP contribution in [0.1, 0.15) is 88.5 Å². The number of H-pyrrole nitrogens is 2. The number of hydrogen-bond donors (Lipinski definition) is 11. The molecule has 24 nitrogen and oxygen atoms in total. The summed E-state index contributed by atoms with van der Waals surface area (Å²) in [7, 11) is 2.74. The van der Waals surface area contributed by atoms with Gasteiger partial charge in [-0.05, 0) is 55.7 Å². The summed E-state index contributed by atoms with van der Waals surface area (Å²) in [6.45, 7) is 3.28. The van der Waals surface area contributed by atoms with Crippen molar-refractivity contribution in [2.75, 3.05) is 27.2 Å². The number of para-hydroxylation sites is 1. The van der Waals surface area contributed by atoms with Crippen molar-refractivity contribution in [2.24, 2.45) is 22.2 Å². The van der Waals surface area contributed by atoms with Crippen molar-refractivity contribution in [3.05, 3.63) is 90.1 Å². The first kappa shape index (κ1) is 58.6. The molecular formula is C52H73N15O9. The molecule has 0 unspecified atom stereocenters. The van der Waals surface area contributed by atoms with Gasteiger partial charge in [0.05, 0.1) is 12.7 Å². The summed E-state index contributed by atoms with van der Waals surface area (Å²) in [6.07, 6.45) is 5.89. The highest BCUT2D eigenvalue weighted by molar-refractivity contribution is 5.99. The van der Waals surface area contributed by atoms with Gasteiger partial charge in [-0.15, -0.1) is 0 Å². The molecule has 14 N–H and O–H groups in total. The summed E-state index contributed by atoms with van der Waals surface area (Å²) < 4.78 is 0. The predicted octanol–water partition coefficient (Wildman–Crippen LogP) is -0.564. The lowest BCUT2D eigenvalue weighted by molar-refractivity contribution is -0.144. The van der Waals surface area contributed by atoms with Gasteiger partial charge in [-0.3, -0.25) is 48.1 Å². The number of fused-ring (bicyclic) bond motifs is 1. The molecule has 3 heterocycles. The second kappa shape index (κ2) is 29.0. The highest BCUT2D eigenvalue weighted by Crippen LogP contribution is 2.22. The predicted molar refractivity (Wildman–Crippen MR) is 283 cm³/mol. The second-order valence-corrected chi connectivity index (χ2v) is 19.0. The summed E-state index contributed by atoms with van der Waals surface area (Å²) in [5.74, 6) is -6.78. The Morgan fingerprint density at radius 2 is 1.49 bits per heavy atom. The molecule has 0 radical (unpaired) electrons. The molecule has 0 bridgehead atoms. The molecule has 1 fully saturated rings. The van der Waals surface area contributed by atoms with Gasteiger partial charge in [0.2, 0.25) is 53.2 Å². The Kier molecular flexibility index (Phi) is 22.3. The average molecular weight is 1050 g/mol. The van der Waals surface area contributed by atoms with Crippen molar-refractivity contribution in [2.45, 2.75) is 133 Å². The van der Waals surface area contributed by atoms with E-state index in [2.05, 4.69) is 51.8 Å². The molecule has 9 amide bonds. The molecule has 410 valence electrons. The monoisotopic (exact) mass is 1050 g/mol. The van der Waals surface area contributed by atoms with Gasteiger partial charge < -0.3 is 68.9 Å². The van der Waals surface area contributed by atoms with Gasteiger partial charge in [-0.2, -0.15) is 0 Å². The van der Waals surface area contributed by atoms with E-state index in [-0.39, 0.29) is 76.8 Å². The van der Waals surface area contributed by atoms with Gasteiger partial charge in [-0.1, -0.05) is 68.3 Å². The largest absolute Gasteiger partial charge is 0.370 e. The number of nitrogens with one attached hydrogen (secondary N) is 8. The number of imidazole rings is 1. The number of unbranched alkanes of at least 4 members (excludes halogenated alkanes) is 1. The molecule has 76 heavy (non-hydrogen) atoms. The molecule has 4 aromatic rings. The Bertz CT molecular complexity index is 2660. The fourth-order valence-electron chi connectivity index (χ4n) is 8.99. The van der Waals surface area contributed by atoms with E-state index in [1.54, 1.807) is 36.5 Å². The summed E-state index contributed by atoms with van der Waals surface area (Å²) >= 11 is 0. The summed E-state index contributed by atoms with van der Waals surface area (Å²) in [4.78, 5) is 143. The zero-order chi connectivity index (χ0) is 55.3. The normalized spacial score (nSPS) is 21.4. The van der Waals surface area contributed by atoms with E-state index in [4.69, 9.17) is 17.2 Å². The van der Waals surface area contributed by atoms with Gasteiger partial charge in [0, 0.05) is 82.4 Å². The maximum atomic E-state index is 15.0. The van der Waals surface area contributed by atoms with Crippen LogP contribution >= 0.6 is 0 Å². The number of aromatic amines is 2. The molecule has 1 aliphatic heterocycles. The van der Waals surface area contributed by atoms with Gasteiger partial charge in [0.25, 0.3) is 0 Å². The van der Waals surface area contributed by atoms with Gasteiger partial charge in [-0.25, -0.2) is 4.98 Å². The minimum absolute atomic E-state index is 0.0327. The molecule has 5 rings (SSSR count). The number of rotatable bonds is 17. The van der Waals surface area contributed by atoms with Gasteiger partial charge >= 0.3 is 0 Å². The lowest BCUT2D eigenvalue weighted by Gasteiger charge is -2.33. The standard InChI is InChI=1S/C52H73N15O9/c1-5-6-18-38(61-31(2)68)46(71)65-41-27-44(69)57-22-13-12-20-37(45(53)70)62-48(73)42(25-33-28-59-36-19-11-10-17-35(33)36)66(3)50(75)39(21-14-23-58-52(54)55)63-47(72)40(24-32-15-8-7-9-16-32)64-49(74)43(67(4)51(41)76)26-34-29-56-30-60-34/h7-11,15-17,19,28-30,37-43,59H,5-6,12-14,18,20-27H2,1-4H3,(H2,53,70)(H,56,60)(H,57,69)(H,61,68)(H,62,73)(H,63,72)(H,64,74)(H,65,71)(H4,54,55,58)/t37-,38-,39-,40+,41-,42-,43-/m0/s1. The van der Waals surface area contributed by atoms with E-state index in [1.807, 2.05) is 31.2 Å². The molecule has 1 saturated heterocycles. The Morgan fingerprint density at radius 3 is 2.17 bits per heavy atom. The van der Waals surface area contributed by atoms with E-state index in [9.17, 15) is 38.4 Å². The zero-order valence-electron chi connectivity index (χ0n) is 43.6. The molecular weight excluding hydrogens is 979 g/mol. The number of nitrogens with two attached hydrogens (primary N) is 3. The van der Waals surface area contributed by atoms with Crippen LogP contribution in [0.5, 0.6) is 0 Å². The highest BCUT2D eigenvalue weighted by atomic mass is 16.2. The number of aromatic nitrogens is 3. The first-order chi connectivity index (χ1) is 36.4. The van der Waals surface area contributed by atoms with E-state index in [1.165, 1.54) is 38.4 Å². The number of hydrogen-bond acceptors (Lipinski definition) is 11. The van der Waals surface area contributed by atoms with Crippen molar-refractivity contribution in [3.63, 3.8) is 0 Å². The number of primary amides is 1. The topological polar surface area (TPSA) is 367 Å². The fourth-order valence-corrected chi connectivity index (χ4v) is 8.99. The summed E-state index contributed by atoms with van der Waals surface area (Å²) in [5, 5.41) is 17.2. The highest BCUT2D eigenvalue weighted by Gasteiger charge is 2.39. The second-order valence-electron chi connectivity index (χ2n) is 19.0. The third kappa shape index (κ3) is 17.4. The van der Waals surface area contributed by atoms with Crippen LogP contribution < -0.4 is 49.1 Å². The van der Waals surface area contributed by atoms with Crippen LogP contribution in [0, 0.1) is 0 Å². The van der Waals surface area contributed by atoms with Crippen LogP contribution in [0.3, 0.4) is 0 Å². The van der Waals surface area contributed by atoms with Crippen LogP contribution in [0.15, 0.2) is 78.3 Å². The van der Waals surface area contributed by atoms with E-state index in [0.717, 1.165) is 15.8 Å². The van der Waals surface area contributed by atoms with Gasteiger partial charge in [0.1, 0.15) is 42.3 Å². The van der Waals surface area contributed by atoms with Crippen molar-refractivity contribution >= 4 is 70.0 Å². The minimum atomic E-state index is -1.56. The van der Waals surface area contributed by atoms with Crippen LogP contribution in [-0.2, 0) is 62.4 Å². The third-order valence-electron chi connectivity index (χ3n) is 13.2. The van der Waals surface area contributed by atoms with Crippen molar-refractivity contribution in [3.8, 4) is 0 Å². The molecule has 0 saturated carbocycles. The number of amides is 9. The summed E-state index contributed by atoms with van der Waals surface area (Å²) in [5.41, 5.74) is 19.6. The Hall–Kier alpha value is -8.31. The summed E-state index contributed by atoms with van der Waals surface area (Å²) in [6, 6.07) is 6.91. The SMILES string of the molecule is CCCC[C@H](NC(C)=O)C(=O)N[C@H]1CC(=O)NCCCC[C@@H](C(N)=O)NC(=O)[C@H](Cc2c[nH]c3ccccc23)N(C)C(=O)[C@H](CCCN=C(N)N)NC(=O)[C@@H](Cc2ccccc2)NC(=O)[C@H](Cc2cnc[nH]2)N(C)C1=O. The maximum Gasteiger partial charge on any atom is 0.246 e. The van der Waals surface area contributed by atoms with Crippen molar-refractivity contribution in [1.82, 2.24) is 56.7 Å². The Labute approximate surface area is 441 Å². The van der Waals surface area contributed by atoms with Crippen LogP contribution in [-0.4, -0.2) is 153 Å². The maximum absolute atomic E-state index is 15.0. The Morgan fingerprint density at radius 1 is 0.803 bits per heavy atom. The zero-order valence-corrected chi connectivity index (χ0v) is 43.6. The number of carbonyl (C=O) groups is 9. The molecule has 0 aliphatic carbocycles. The van der Waals surface area contributed by atoms with Gasteiger partial charge in [0.15, 0.2) is 5.96 Å². The van der Waals surface area contributed by atoms with Crippen LogP contribution in [0.25, 0.3) is 10.9 Å². The Balaban J connectivity index is 1.60. The molecule has 2 aromatic heterocycles. The average Bonchev–Trinajstić information content (AvgIpc) is 4.07. The van der Waals surface area contributed by atoms with Crippen molar-refractivity contribution in [1.29, 1.82) is 0 Å². The number of guanidine groups is 1. The molecule has 24 heteroatoms. The first-order valence-electron chi connectivity index (χ1n) is 25.6. The van der Waals surface area contributed by atoms with Crippen LogP contribution in [0.2, 0.25) is 0 Å². The van der Waals surface area contributed by atoms with E-state index < -0.39 is 102 Å². The van der Waals surface area contributed by atoms with Crippen LogP contribution in [0.4, 0.5) is 0 Å². The smallest absolute Gasteiger partial charge is 0.246 e. The minimum Gasteiger partial charge on any atom is -0.370 e. The quantitative estimate of drug-likeness (QED) is 0.0360.